The number of hydrogen-bond acceptors (Lipinski definition) is 0. The lowest BCUT2D eigenvalue weighted by molar-refractivity contribution is 0.553. The molecule has 0 spiro atoms. The zero-order valence-corrected chi connectivity index (χ0v) is 13.6. The zero-order chi connectivity index (χ0) is 13.2. The molecule has 0 aromatic heterocycles. The molecule has 0 saturated carbocycles. The van der Waals surface area contributed by atoms with E-state index in [0.717, 1.165) is 5.92 Å². The molecule has 0 fully saturated rings. The van der Waals surface area contributed by atoms with Crippen LogP contribution in [0.25, 0.3) is 0 Å². The Morgan fingerprint density at radius 1 is 0.941 bits per heavy atom. The van der Waals surface area contributed by atoms with E-state index in [1.54, 1.807) is 0 Å². The minimum atomic E-state index is 0.503. The van der Waals surface area contributed by atoms with Gasteiger partial charge in [0.1, 0.15) is 0 Å². The van der Waals surface area contributed by atoms with Crippen molar-refractivity contribution in [3.8, 4) is 0 Å². The highest BCUT2D eigenvalue weighted by atomic mass is 79.9. The molecule has 0 saturated heterocycles. The molecule has 0 aliphatic heterocycles. The minimum absolute atomic E-state index is 0.503. The van der Waals surface area contributed by atoms with Gasteiger partial charge < -0.3 is 0 Å². The Kier molecular flexibility index (Phi) is 5.24. The molecule has 0 radical (unpaired) electrons. The van der Waals surface area contributed by atoms with E-state index in [1.165, 1.54) is 40.7 Å². The Morgan fingerprint density at radius 2 is 1.41 bits per heavy atom. The summed E-state index contributed by atoms with van der Waals surface area (Å²) < 4.78 is 0. The number of alkyl halides is 1. The molecular weight excluding hydrogens is 272 g/mol. The second-order valence-corrected chi connectivity index (χ2v) is 6.72. The first kappa shape index (κ1) is 14.8. The van der Waals surface area contributed by atoms with Crippen molar-refractivity contribution >= 4 is 15.9 Å². The van der Waals surface area contributed by atoms with E-state index in [9.17, 15) is 0 Å². The lowest BCUT2D eigenvalue weighted by Crippen LogP contribution is -2.03. The number of benzene rings is 1. The summed E-state index contributed by atoms with van der Waals surface area (Å²) in [7, 11) is 0. The van der Waals surface area contributed by atoms with E-state index in [2.05, 4.69) is 63.5 Å². The summed E-state index contributed by atoms with van der Waals surface area (Å²) in [5.41, 5.74) is 7.26. The van der Waals surface area contributed by atoms with Crippen LogP contribution in [0.3, 0.4) is 0 Å². The van der Waals surface area contributed by atoms with Crippen LogP contribution in [0.4, 0.5) is 0 Å². The molecule has 0 aliphatic carbocycles. The molecule has 1 atom stereocenters. The van der Waals surface area contributed by atoms with E-state index in [1.807, 2.05) is 0 Å². The average molecular weight is 297 g/mol. The van der Waals surface area contributed by atoms with Gasteiger partial charge in [-0.1, -0.05) is 35.8 Å². The molecule has 0 nitrogen and oxygen atoms in total. The van der Waals surface area contributed by atoms with Crippen molar-refractivity contribution in [2.75, 3.05) is 0 Å². The van der Waals surface area contributed by atoms with Gasteiger partial charge in [0.25, 0.3) is 0 Å². The molecule has 0 aliphatic rings. The Morgan fingerprint density at radius 3 is 1.82 bits per heavy atom. The third-order valence-corrected chi connectivity index (χ3v) is 4.65. The summed E-state index contributed by atoms with van der Waals surface area (Å²) in [4.78, 5) is 0.503. The van der Waals surface area contributed by atoms with Crippen LogP contribution in [0.2, 0.25) is 0 Å². The number of aryl methyl sites for hydroxylation is 2. The number of hydrogen-bond donors (Lipinski definition) is 0. The summed E-state index contributed by atoms with van der Waals surface area (Å²) in [6, 6.07) is 2.30. The predicted octanol–water partition coefficient (Wildman–Crippen LogP) is 5.79. The van der Waals surface area contributed by atoms with Crippen LogP contribution >= 0.6 is 15.9 Å². The SMILES string of the molecule is Cc1cc(C)c(C)c(C(Br)CCC(C)C)c1C. The molecule has 1 aromatic rings. The quantitative estimate of drug-likeness (QED) is 0.617. The number of rotatable bonds is 4. The highest BCUT2D eigenvalue weighted by Gasteiger charge is 2.16. The van der Waals surface area contributed by atoms with Crippen LogP contribution in [0.15, 0.2) is 6.07 Å². The third-order valence-electron chi connectivity index (χ3n) is 3.73. The minimum Gasteiger partial charge on any atom is -0.0839 e. The van der Waals surface area contributed by atoms with Crippen LogP contribution in [0, 0.1) is 33.6 Å². The van der Waals surface area contributed by atoms with Crippen LogP contribution < -0.4 is 0 Å². The van der Waals surface area contributed by atoms with Crippen LogP contribution in [0.1, 0.15) is 59.3 Å². The van der Waals surface area contributed by atoms with Crippen molar-refractivity contribution in [1.82, 2.24) is 0 Å². The summed E-state index contributed by atoms with van der Waals surface area (Å²) >= 11 is 3.88. The van der Waals surface area contributed by atoms with Gasteiger partial charge in [0.05, 0.1) is 0 Å². The normalized spacial score (nSPS) is 13.2. The molecule has 1 heteroatoms. The van der Waals surface area contributed by atoms with Gasteiger partial charge in [-0.2, -0.15) is 0 Å². The number of halogens is 1. The van der Waals surface area contributed by atoms with Gasteiger partial charge in [0.2, 0.25) is 0 Å². The van der Waals surface area contributed by atoms with Gasteiger partial charge in [-0.15, -0.1) is 0 Å². The fraction of sp³-hybridized carbons (Fsp3) is 0.625. The van der Waals surface area contributed by atoms with Gasteiger partial charge in [0, 0.05) is 4.83 Å². The van der Waals surface area contributed by atoms with Crippen LogP contribution in [0.5, 0.6) is 0 Å². The molecule has 17 heavy (non-hydrogen) atoms. The van der Waals surface area contributed by atoms with Crippen molar-refractivity contribution in [1.29, 1.82) is 0 Å². The van der Waals surface area contributed by atoms with E-state index >= 15 is 0 Å². The van der Waals surface area contributed by atoms with E-state index in [0.29, 0.717) is 4.83 Å². The van der Waals surface area contributed by atoms with Gasteiger partial charge in [0.15, 0.2) is 0 Å². The maximum Gasteiger partial charge on any atom is 0.0400 e. The zero-order valence-electron chi connectivity index (χ0n) is 12.0. The maximum atomic E-state index is 3.88. The molecule has 1 aromatic carbocycles. The maximum absolute atomic E-state index is 3.88. The van der Waals surface area contributed by atoms with Crippen molar-refractivity contribution in [2.45, 2.75) is 59.2 Å². The molecule has 96 valence electrons. The third kappa shape index (κ3) is 3.58. The standard InChI is InChI=1S/C16H25Br/c1-10(2)7-8-15(17)16-13(5)11(3)9-12(4)14(16)6/h9-10,15H,7-8H2,1-6H3. The highest BCUT2D eigenvalue weighted by Crippen LogP contribution is 2.36. The van der Waals surface area contributed by atoms with Gasteiger partial charge in [-0.05, 0) is 74.3 Å². The Hall–Kier alpha value is -0.300. The summed E-state index contributed by atoms with van der Waals surface area (Å²) in [6.07, 6.45) is 2.50. The molecule has 1 unspecified atom stereocenters. The molecule has 0 amide bonds. The Balaban J connectivity index is 3.03. The molecule has 1 rings (SSSR count). The smallest absolute Gasteiger partial charge is 0.0400 e. The van der Waals surface area contributed by atoms with Gasteiger partial charge >= 0.3 is 0 Å². The molecule has 0 N–H and O–H groups in total. The van der Waals surface area contributed by atoms with Gasteiger partial charge in [-0.25, -0.2) is 0 Å². The molecular formula is C16H25Br. The van der Waals surface area contributed by atoms with Crippen molar-refractivity contribution in [3.05, 3.63) is 33.9 Å². The van der Waals surface area contributed by atoms with E-state index < -0.39 is 0 Å². The van der Waals surface area contributed by atoms with Crippen LogP contribution in [-0.4, -0.2) is 0 Å². The van der Waals surface area contributed by atoms with Crippen LogP contribution in [-0.2, 0) is 0 Å². The summed E-state index contributed by atoms with van der Waals surface area (Å²) in [5.74, 6) is 0.779. The van der Waals surface area contributed by atoms with Crippen molar-refractivity contribution in [3.63, 3.8) is 0 Å². The monoisotopic (exact) mass is 296 g/mol. The summed E-state index contributed by atoms with van der Waals surface area (Å²) in [6.45, 7) is 13.5. The Bertz CT molecular complexity index is 365. The molecule has 0 bridgehead atoms. The second kappa shape index (κ2) is 6.04. The largest absolute Gasteiger partial charge is 0.0839 e. The Labute approximate surface area is 115 Å². The fourth-order valence-corrected chi connectivity index (χ4v) is 3.29. The topological polar surface area (TPSA) is 0 Å². The average Bonchev–Trinajstić information content (AvgIpc) is 2.24. The molecule has 0 heterocycles. The van der Waals surface area contributed by atoms with E-state index in [-0.39, 0.29) is 0 Å². The van der Waals surface area contributed by atoms with Gasteiger partial charge in [-0.3, -0.25) is 0 Å². The van der Waals surface area contributed by atoms with E-state index in [4.69, 9.17) is 0 Å². The first-order valence-electron chi connectivity index (χ1n) is 6.56. The first-order chi connectivity index (χ1) is 7.84. The van der Waals surface area contributed by atoms with Crippen molar-refractivity contribution < 1.29 is 0 Å². The summed E-state index contributed by atoms with van der Waals surface area (Å²) in [5, 5.41) is 0. The second-order valence-electron chi connectivity index (χ2n) is 5.61. The fourth-order valence-electron chi connectivity index (χ4n) is 2.34. The highest BCUT2D eigenvalue weighted by molar-refractivity contribution is 9.09. The first-order valence-corrected chi connectivity index (χ1v) is 7.47. The predicted molar refractivity (Wildman–Crippen MR) is 81.1 cm³/mol. The van der Waals surface area contributed by atoms with Crippen molar-refractivity contribution in [2.24, 2.45) is 5.92 Å². The lowest BCUT2D eigenvalue weighted by Gasteiger charge is -2.20. The lowest BCUT2D eigenvalue weighted by atomic mass is 9.90.